The third-order valence-electron chi connectivity index (χ3n) is 4.94. The molecule has 0 saturated heterocycles. The van der Waals surface area contributed by atoms with Crippen molar-refractivity contribution < 1.29 is 17.0 Å². The van der Waals surface area contributed by atoms with E-state index in [1.165, 1.54) is 51.4 Å². The van der Waals surface area contributed by atoms with Crippen LogP contribution in [0.5, 0.6) is 0 Å². The predicted molar refractivity (Wildman–Crippen MR) is 103 cm³/mol. The second-order valence-electron chi connectivity index (χ2n) is 7.06. The van der Waals surface area contributed by atoms with Gasteiger partial charge in [0.25, 0.3) is 0 Å². The van der Waals surface area contributed by atoms with E-state index in [2.05, 4.69) is 27.7 Å². The largest absolute Gasteiger partial charge is 1.00 e. The molecule has 0 aliphatic rings. The van der Waals surface area contributed by atoms with Crippen molar-refractivity contribution in [2.75, 3.05) is 0 Å². The molecule has 0 saturated carbocycles. The van der Waals surface area contributed by atoms with Gasteiger partial charge in [-0.15, -0.1) is 0 Å². The number of hydrogen-bond acceptors (Lipinski definition) is 0. The Morgan fingerprint density at radius 3 is 0.818 bits per heavy atom. The molecule has 0 aromatic carbocycles. The molecule has 0 aliphatic carbocycles. The van der Waals surface area contributed by atoms with E-state index >= 15 is 0 Å². The minimum absolute atomic E-state index is 0. The molecule has 0 N–H and O–H groups in total. The van der Waals surface area contributed by atoms with Gasteiger partial charge in [-0.3, -0.25) is 0 Å². The van der Waals surface area contributed by atoms with Crippen LogP contribution >= 0.6 is 0 Å². The molecule has 0 aromatic rings. The molecule has 0 spiro atoms. The number of rotatable bonds is 16. The van der Waals surface area contributed by atoms with E-state index in [0.29, 0.717) is 0 Å². The summed E-state index contributed by atoms with van der Waals surface area (Å²) in [6.45, 7) is 9.44. The van der Waals surface area contributed by atoms with E-state index in [0.717, 1.165) is 0 Å². The van der Waals surface area contributed by atoms with Crippen molar-refractivity contribution in [2.24, 2.45) is 0 Å². The Morgan fingerprint density at radius 1 is 0.409 bits per heavy atom. The number of hydrogen-bond donors (Lipinski definition) is 0. The van der Waals surface area contributed by atoms with Gasteiger partial charge in [-0.2, -0.15) is 0 Å². The Labute approximate surface area is 155 Å². The van der Waals surface area contributed by atoms with E-state index in [4.69, 9.17) is 0 Å². The van der Waals surface area contributed by atoms with Gasteiger partial charge in [0, 0.05) is 0 Å². The average molecular weight is 439 g/mol. The molecule has 0 aromatic heterocycles. The molecule has 0 amide bonds. The van der Waals surface area contributed by atoms with Crippen molar-refractivity contribution in [3.05, 3.63) is 0 Å². The van der Waals surface area contributed by atoms with Crippen LogP contribution in [0.15, 0.2) is 0 Å². The first kappa shape index (κ1) is 25.3. The molecule has 0 heterocycles. The van der Waals surface area contributed by atoms with Crippen molar-refractivity contribution in [1.82, 2.24) is 0 Å². The first-order valence-electron chi connectivity index (χ1n) is 10.1. The van der Waals surface area contributed by atoms with Gasteiger partial charge < -0.3 is 17.0 Å². The second kappa shape index (κ2) is 18.4. The summed E-state index contributed by atoms with van der Waals surface area (Å²) >= 11 is -1.34. The molecule has 0 rings (SSSR count). The Bertz CT molecular complexity index is 160. The minimum atomic E-state index is -1.34. The van der Waals surface area contributed by atoms with E-state index < -0.39 is 13.6 Å². The third kappa shape index (κ3) is 13.5. The molecule has 0 fully saturated rings. The van der Waals surface area contributed by atoms with Crippen molar-refractivity contribution in [3.63, 3.8) is 0 Å². The van der Waals surface area contributed by atoms with Crippen LogP contribution in [0, 0.1) is 0 Å². The van der Waals surface area contributed by atoms with Crippen molar-refractivity contribution in [2.45, 2.75) is 126 Å². The maximum atomic E-state index is 2.36. The fraction of sp³-hybridized carbons (Fsp3) is 1.00. The fourth-order valence-corrected chi connectivity index (χ4v) is 13.8. The van der Waals surface area contributed by atoms with Crippen LogP contribution < -0.4 is 17.0 Å². The Kier molecular flexibility index (Phi) is 21.1. The minimum Gasteiger partial charge on any atom is -1.00 e. The monoisotopic (exact) mass is 438 g/mol. The van der Waals surface area contributed by atoms with E-state index in [-0.39, 0.29) is 17.0 Å². The summed E-state index contributed by atoms with van der Waals surface area (Å²) in [5.41, 5.74) is 0. The molecule has 22 heavy (non-hydrogen) atoms. The molecular formula is C20H44AsBr. The molecule has 0 bridgehead atoms. The molecular weight excluding hydrogens is 395 g/mol. The first-order chi connectivity index (χ1) is 10.2. The van der Waals surface area contributed by atoms with Gasteiger partial charge in [0.05, 0.1) is 0 Å². The smallest absolute Gasteiger partial charge is 1.00 e. The summed E-state index contributed by atoms with van der Waals surface area (Å²) in [6.07, 6.45) is 17.7. The summed E-state index contributed by atoms with van der Waals surface area (Å²) in [5, 5.41) is 6.74. The quantitative estimate of drug-likeness (QED) is 0.229. The number of halogens is 1. The average Bonchev–Trinajstić information content (AvgIpc) is 2.48. The molecule has 2 heteroatoms. The van der Waals surface area contributed by atoms with Crippen molar-refractivity contribution in [3.8, 4) is 0 Å². The number of unbranched alkanes of at least 4 members (excludes halogenated alkanes) is 8. The molecule has 0 nitrogen and oxygen atoms in total. The zero-order valence-electron chi connectivity index (χ0n) is 16.1. The van der Waals surface area contributed by atoms with Gasteiger partial charge in [-0.1, -0.05) is 0 Å². The van der Waals surface area contributed by atoms with Crippen LogP contribution in [-0.2, 0) is 0 Å². The van der Waals surface area contributed by atoms with Gasteiger partial charge in [0.1, 0.15) is 0 Å². The Balaban J connectivity index is 0. The van der Waals surface area contributed by atoms with E-state index in [9.17, 15) is 0 Å². The Hall–Kier alpha value is 1.04. The SMILES string of the molecule is CCCCC[As+](CCCCC)(CCCCC)CCCCC.[Br-]. The zero-order chi connectivity index (χ0) is 15.8. The third-order valence-corrected chi connectivity index (χ3v) is 15.6. The summed E-state index contributed by atoms with van der Waals surface area (Å²) in [6, 6.07) is 0. The molecule has 0 radical (unpaired) electrons. The normalized spacial score (nSPS) is 11.5. The molecule has 136 valence electrons. The molecule has 0 atom stereocenters. The summed E-state index contributed by atoms with van der Waals surface area (Å²) in [4.78, 5) is 0. The van der Waals surface area contributed by atoms with Crippen LogP contribution in [0.3, 0.4) is 0 Å². The summed E-state index contributed by atoms with van der Waals surface area (Å²) < 4.78 is 0. The summed E-state index contributed by atoms with van der Waals surface area (Å²) in [7, 11) is 0. The second-order valence-corrected chi connectivity index (χ2v) is 16.4. The van der Waals surface area contributed by atoms with Crippen molar-refractivity contribution >= 4 is 13.6 Å². The van der Waals surface area contributed by atoms with E-state index in [1.54, 1.807) is 46.5 Å². The van der Waals surface area contributed by atoms with Gasteiger partial charge in [0.15, 0.2) is 0 Å². The standard InChI is InChI=1S/C20H44As.BrH/c1-5-9-13-17-21(18-14-10-6-2,19-15-11-7-3)20-16-12-8-4;/h5-20H2,1-4H3;1H/q+1;/p-1. The van der Waals surface area contributed by atoms with Gasteiger partial charge in [0.2, 0.25) is 0 Å². The van der Waals surface area contributed by atoms with Crippen LogP contribution in [-0.4, -0.2) is 13.6 Å². The maximum absolute atomic E-state index is 2.36. The molecule has 0 unspecified atom stereocenters. The summed E-state index contributed by atoms with van der Waals surface area (Å²) in [5.74, 6) is 0. The predicted octanol–water partition coefficient (Wildman–Crippen LogP) is 5.20. The van der Waals surface area contributed by atoms with Crippen LogP contribution in [0.4, 0.5) is 0 Å². The van der Waals surface area contributed by atoms with Gasteiger partial charge in [-0.25, -0.2) is 0 Å². The molecule has 0 aliphatic heterocycles. The topological polar surface area (TPSA) is 0 Å². The van der Waals surface area contributed by atoms with Gasteiger partial charge >= 0.3 is 139 Å². The zero-order valence-corrected chi connectivity index (χ0v) is 19.6. The van der Waals surface area contributed by atoms with Crippen LogP contribution in [0.25, 0.3) is 0 Å². The Morgan fingerprint density at radius 2 is 0.636 bits per heavy atom. The fourth-order valence-electron chi connectivity index (χ4n) is 3.46. The maximum Gasteiger partial charge on any atom is -1.00 e. The van der Waals surface area contributed by atoms with Crippen molar-refractivity contribution in [1.29, 1.82) is 0 Å². The van der Waals surface area contributed by atoms with E-state index in [1.807, 2.05) is 0 Å². The van der Waals surface area contributed by atoms with Crippen LogP contribution in [0.2, 0.25) is 20.8 Å². The van der Waals surface area contributed by atoms with Gasteiger partial charge in [-0.05, 0) is 0 Å². The first-order valence-corrected chi connectivity index (χ1v) is 15.4. The van der Waals surface area contributed by atoms with Crippen LogP contribution in [0.1, 0.15) is 105 Å².